The molecule has 1 aromatic rings. The van der Waals surface area contributed by atoms with E-state index in [1.807, 2.05) is 0 Å². The number of aromatic nitrogens is 2. The van der Waals surface area contributed by atoms with E-state index in [2.05, 4.69) is 10.3 Å². The summed E-state index contributed by atoms with van der Waals surface area (Å²) in [6.07, 6.45) is -10.2. The van der Waals surface area contributed by atoms with Crippen LogP contribution in [0.2, 0.25) is 0 Å². The summed E-state index contributed by atoms with van der Waals surface area (Å²) in [6, 6.07) is 0. The number of rotatable bonds is 3. The molecule has 0 saturated heterocycles. The van der Waals surface area contributed by atoms with Crippen LogP contribution >= 0.6 is 0 Å². The van der Waals surface area contributed by atoms with Gasteiger partial charge in [-0.25, -0.2) is 4.98 Å². The first-order valence-electron chi connectivity index (χ1n) is 6.11. The average Bonchev–Trinajstić information content (AvgIpc) is 2.67. The summed E-state index contributed by atoms with van der Waals surface area (Å²) < 4.78 is 75.8. The summed E-state index contributed by atoms with van der Waals surface area (Å²) >= 11 is 0. The highest BCUT2D eigenvalue weighted by molar-refractivity contribution is 5.21. The molecule has 0 spiro atoms. The molecule has 0 amide bonds. The number of imidazole rings is 1. The number of alkyl halides is 6. The third-order valence-corrected chi connectivity index (χ3v) is 3.08. The van der Waals surface area contributed by atoms with Crippen molar-refractivity contribution in [2.45, 2.75) is 44.7 Å². The van der Waals surface area contributed by atoms with Gasteiger partial charge in [0.2, 0.25) is 5.82 Å². The molecule has 20 heavy (non-hydrogen) atoms. The summed E-state index contributed by atoms with van der Waals surface area (Å²) in [5.41, 5.74) is 0.661. The van der Waals surface area contributed by atoms with Crippen LogP contribution in [-0.2, 0) is 25.7 Å². The molecule has 9 heteroatoms. The van der Waals surface area contributed by atoms with Gasteiger partial charge in [0.25, 0.3) is 0 Å². The maximum absolute atomic E-state index is 12.9. The number of halogens is 6. The Morgan fingerprint density at radius 3 is 2.45 bits per heavy atom. The number of hydrogen-bond acceptors (Lipinski definition) is 2. The quantitative estimate of drug-likeness (QED) is 0.870. The zero-order valence-electron chi connectivity index (χ0n) is 10.4. The molecule has 1 aliphatic heterocycles. The molecule has 2 heterocycles. The zero-order valence-corrected chi connectivity index (χ0v) is 10.4. The highest BCUT2D eigenvalue weighted by Gasteiger charge is 2.39. The minimum atomic E-state index is -4.66. The average molecular weight is 301 g/mol. The molecule has 1 aliphatic rings. The second-order valence-electron chi connectivity index (χ2n) is 4.62. The van der Waals surface area contributed by atoms with E-state index in [9.17, 15) is 26.3 Å². The predicted molar refractivity (Wildman–Crippen MR) is 57.9 cm³/mol. The van der Waals surface area contributed by atoms with Crippen LogP contribution < -0.4 is 5.32 Å². The van der Waals surface area contributed by atoms with Gasteiger partial charge in [-0.3, -0.25) is 0 Å². The van der Waals surface area contributed by atoms with Crippen LogP contribution in [0.1, 0.15) is 30.1 Å². The van der Waals surface area contributed by atoms with Crippen LogP contribution in [0.5, 0.6) is 0 Å². The Morgan fingerprint density at radius 1 is 1.15 bits per heavy atom. The fraction of sp³-hybridized carbons (Fsp3) is 0.727. The molecule has 3 nitrogen and oxygen atoms in total. The largest absolute Gasteiger partial charge is 0.449 e. The van der Waals surface area contributed by atoms with Gasteiger partial charge in [0.05, 0.1) is 5.69 Å². The van der Waals surface area contributed by atoms with Gasteiger partial charge in [-0.1, -0.05) is 0 Å². The van der Waals surface area contributed by atoms with E-state index in [-0.39, 0.29) is 25.2 Å². The minimum absolute atomic E-state index is 0.213. The molecular formula is C11H13F6N3. The number of nitrogens with zero attached hydrogens (tertiary/aromatic N) is 2. The van der Waals surface area contributed by atoms with Crippen molar-refractivity contribution in [2.24, 2.45) is 0 Å². The highest BCUT2D eigenvalue weighted by Crippen LogP contribution is 2.32. The highest BCUT2D eigenvalue weighted by atomic mass is 19.4. The van der Waals surface area contributed by atoms with Gasteiger partial charge in [0.1, 0.15) is 0 Å². The Balaban J connectivity index is 2.23. The summed E-state index contributed by atoms with van der Waals surface area (Å²) in [5.74, 6) is -1.10. The molecule has 0 aromatic carbocycles. The van der Waals surface area contributed by atoms with E-state index in [1.165, 1.54) is 0 Å². The SMILES string of the molecule is FC(F)(F)CCCn1c(C(F)(F)F)nc2c1CCNC2. The minimum Gasteiger partial charge on any atom is -0.324 e. The lowest BCUT2D eigenvalue weighted by Crippen LogP contribution is -2.25. The second-order valence-corrected chi connectivity index (χ2v) is 4.62. The fourth-order valence-electron chi connectivity index (χ4n) is 2.27. The van der Waals surface area contributed by atoms with Crippen molar-refractivity contribution in [3.63, 3.8) is 0 Å². The molecule has 2 rings (SSSR count). The van der Waals surface area contributed by atoms with Crippen molar-refractivity contribution in [1.29, 1.82) is 0 Å². The molecule has 1 aromatic heterocycles. The maximum atomic E-state index is 12.9. The lowest BCUT2D eigenvalue weighted by Gasteiger charge is -2.17. The Hall–Kier alpha value is -1.25. The van der Waals surface area contributed by atoms with E-state index in [0.29, 0.717) is 18.7 Å². The van der Waals surface area contributed by atoms with Gasteiger partial charge < -0.3 is 9.88 Å². The molecule has 0 aliphatic carbocycles. The lowest BCUT2D eigenvalue weighted by molar-refractivity contribution is -0.148. The van der Waals surface area contributed by atoms with Crippen molar-refractivity contribution >= 4 is 0 Å². The number of fused-ring (bicyclic) bond motifs is 1. The van der Waals surface area contributed by atoms with E-state index >= 15 is 0 Å². The maximum Gasteiger partial charge on any atom is 0.449 e. The Morgan fingerprint density at radius 2 is 1.85 bits per heavy atom. The van der Waals surface area contributed by atoms with Gasteiger partial charge in [-0.05, 0) is 6.42 Å². The van der Waals surface area contributed by atoms with E-state index in [4.69, 9.17) is 0 Å². The van der Waals surface area contributed by atoms with Crippen LogP contribution in [0, 0.1) is 0 Å². The molecule has 0 saturated carbocycles. The smallest absolute Gasteiger partial charge is 0.324 e. The third kappa shape index (κ3) is 3.44. The summed E-state index contributed by atoms with van der Waals surface area (Å²) in [6.45, 7) is 0.386. The number of hydrogen-bond donors (Lipinski definition) is 1. The van der Waals surface area contributed by atoms with Crippen molar-refractivity contribution in [3.05, 3.63) is 17.2 Å². The van der Waals surface area contributed by atoms with Crippen molar-refractivity contribution in [1.82, 2.24) is 14.9 Å². The third-order valence-electron chi connectivity index (χ3n) is 3.08. The Kier molecular flexibility index (Phi) is 3.99. The van der Waals surface area contributed by atoms with Crippen LogP contribution in [0.3, 0.4) is 0 Å². The fourth-order valence-corrected chi connectivity index (χ4v) is 2.27. The van der Waals surface area contributed by atoms with Crippen molar-refractivity contribution < 1.29 is 26.3 Å². The molecule has 0 fully saturated rings. The molecule has 0 atom stereocenters. The number of nitrogens with one attached hydrogen (secondary N) is 1. The second kappa shape index (κ2) is 5.27. The lowest BCUT2D eigenvalue weighted by atomic mass is 10.2. The topological polar surface area (TPSA) is 29.9 Å². The van der Waals surface area contributed by atoms with Crippen LogP contribution in [0.4, 0.5) is 26.3 Å². The standard InChI is InChI=1S/C11H13F6N3/c12-10(13,14)3-1-5-20-8-2-4-18-6-7(8)19-9(20)11(15,16)17/h18H,1-6H2. The van der Waals surface area contributed by atoms with Gasteiger partial charge >= 0.3 is 12.4 Å². The zero-order chi connectivity index (χ0) is 15.0. The molecule has 0 unspecified atom stereocenters. The van der Waals surface area contributed by atoms with Crippen LogP contribution in [-0.4, -0.2) is 22.3 Å². The Labute approximate surface area is 111 Å². The molecule has 1 N–H and O–H groups in total. The van der Waals surface area contributed by atoms with Crippen molar-refractivity contribution in [2.75, 3.05) is 6.54 Å². The van der Waals surface area contributed by atoms with E-state index in [0.717, 1.165) is 4.57 Å². The monoisotopic (exact) mass is 301 g/mol. The molecule has 0 radical (unpaired) electrons. The first-order valence-corrected chi connectivity index (χ1v) is 6.11. The van der Waals surface area contributed by atoms with E-state index in [1.54, 1.807) is 0 Å². The van der Waals surface area contributed by atoms with Gasteiger partial charge in [-0.2, -0.15) is 26.3 Å². The van der Waals surface area contributed by atoms with Gasteiger partial charge in [0, 0.05) is 38.2 Å². The van der Waals surface area contributed by atoms with Gasteiger partial charge in [0.15, 0.2) is 0 Å². The first kappa shape index (κ1) is 15.1. The molecule has 0 bridgehead atoms. The summed E-state index contributed by atoms with van der Waals surface area (Å²) in [4.78, 5) is 3.53. The summed E-state index contributed by atoms with van der Waals surface area (Å²) in [7, 11) is 0. The summed E-state index contributed by atoms with van der Waals surface area (Å²) in [5, 5.41) is 2.89. The van der Waals surface area contributed by atoms with Crippen LogP contribution in [0.15, 0.2) is 0 Å². The van der Waals surface area contributed by atoms with E-state index < -0.39 is 24.6 Å². The Bertz CT molecular complexity index is 474. The predicted octanol–water partition coefficient (Wildman–Crippen LogP) is 2.89. The van der Waals surface area contributed by atoms with Gasteiger partial charge in [-0.15, -0.1) is 0 Å². The first-order chi connectivity index (χ1) is 9.18. The molecule has 114 valence electrons. The van der Waals surface area contributed by atoms with Crippen LogP contribution in [0.25, 0.3) is 0 Å². The molecular weight excluding hydrogens is 288 g/mol. The van der Waals surface area contributed by atoms with Crippen molar-refractivity contribution in [3.8, 4) is 0 Å². The normalized spacial score (nSPS) is 16.3.